The van der Waals surface area contributed by atoms with Crippen LogP contribution in [0.1, 0.15) is 18.1 Å². The van der Waals surface area contributed by atoms with Crippen LogP contribution in [0.2, 0.25) is 0 Å². The predicted molar refractivity (Wildman–Crippen MR) is 65.8 cm³/mol. The highest BCUT2D eigenvalue weighted by Crippen LogP contribution is 2.30. The van der Waals surface area contributed by atoms with Crippen molar-refractivity contribution in [2.45, 2.75) is 25.2 Å². The average molecular weight is 288 g/mol. The van der Waals surface area contributed by atoms with E-state index in [1.165, 1.54) is 11.0 Å². The van der Waals surface area contributed by atoms with Gasteiger partial charge in [-0.2, -0.15) is 13.2 Å². The Bertz CT molecular complexity index is 519. The molecule has 1 amide bonds. The van der Waals surface area contributed by atoms with Gasteiger partial charge in [-0.05, 0) is 24.6 Å². The number of ether oxygens (including phenoxy) is 1. The molecule has 1 saturated heterocycles. The van der Waals surface area contributed by atoms with Gasteiger partial charge in [0.25, 0.3) is 0 Å². The number of amides is 1. The molecule has 7 heteroatoms. The largest absolute Gasteiger partial charge is 0.440 e. The number of halogens is 3. The molecule has 2 rings (SSSR count). The number of rotatable bonds is 3. The van der Waals surface area contributed by atoms with E-state index in [1.807, 2.05) is 0 Å². The molecular weight excluding hydrogens is 273 g/mol. The van der Waals surface area contributed by atoms with Crippen molar-refractivity contribution in [1.82, 2.24) is 4.90 Å². The standard InChI is InChI=1S/C13H15F3N2O2/c1-12(7-17)8-18(11(19)20-12)6-9-3-2-4-10(5-9)13(14,15)16/h2-5H,6-8,17H2,1H3. The summed E-state index contributed by atoms with van der Waals surface area (Å²) < 4.78 is 43.0. The number of carbonyl (C=O) groups excluding carboxylic acids is 1. The second kappa shape index (κ2) is 4.97. The molecule has 0 spiro atoms. The predicted octanol–water partition coefficient (Wildman–Crippen LogP) is 2.38. The van der Waals surface area contributed by atoms with Gasteiger partial charge in [0, 0.05) is 13.1 Å². The fourth-order valence-corrected chi connectivity index (χ4v) is 2.07. The number of cyclic esters (lactones) is 1. The minimum atomic E-state index is -4.40. The molecule has 1 aliphatic rings. The fraction of sp³-hybridized carbons (Fsp3) is 0.462. The van der Waals surface area contributed by atoms with Crippen molar-refractivity contribution >= 4 is 6.09 Å². The van der Waals surface area contributed by atoms with Crippen molar-refractivity contribution in [3.63, 3.8) is 0 Å². The number of hydrogen-bond donors (Lipinski definition) is 1. The van der Waals surface area contributed by atoms with Crippen LogP contribution < -0.4 is 5.73 Å². The second-order valence-electron chi connectivity index (χ2n) is 5.08. The number of carbonyl (C=O) groups is 1. The van der Waals surface area contributed by atoms with Gasteiger partial charge in [-0.15, -0.1) is 0 Å². The van der Waals surface area contributed by atoms with Crippen molar-refractivity contribution in [1.29, 1.82) is 0 Å². The van der Waals surface area contributed by atoms with Crippen molar-refractivity contribution in [2.24, 2.45) is 5.73 Å². The lowest BCUT2D eigenvalue weighted by molar-refractivity contribution is -0.137. The van der Waals surface area contributed by atoms with Gasteiger partial charge in [-0.3, -0.25) is 4.90 Å². The van der Waals surface area contributed by atoms with Crippen LogP contribution in [-0.4, -0.2) is 29.7 Å². The molecule has 1 unspecified atom stereocenters. The topological polar surface area (TPSA) is 55.6 Å². The molecular formula is C13H15F3N2O2. The molecule has 1 aromatic rings. The monoisotopic (exact) mass is 288 g/mol. The van der Waals surface area contributed by atoms with Crippen LogP contribution in [0.15, 0.2) is 24.3 Å². The van der Waals surface area contributed by atoms with E-state index in [-0.39, 0.29) is 19.6 Å². The van der Waals surface area contributed by atoms with Crippen LogP contribution in [0, 0.1) is 0 Å². The maximum Gasteiger partial charge on any atom is 0.416 e. The molecule has 0 saturated carbocycles. The molecule has 4 nitrogen and oxygen atoms in total. The van der Waals surface area contributed by atoms with Crippen LogP contribution in [0.25, 0.3) is 0 Å². The summed E-state index contributed by atoms with van der Waals surface area (Å²) in [7, 11) is 0. The molecule has 2 N–H and O–H groups in total. The highest BCUT2D eigenvalue weighted by Gasteiger charge is 2.40. The lowest BCUT2D eigenvalue weighted by Gasteiger charge is -2.19. The van der Waals surface area contributed by atoms with Gasteiger partial charge in [0.2, 0.25) is 0 Å². The molecule has 1 aromatic carbocycles. The maximum absolute atomic E-state index is 12.6. The maximum atomic E-state index is 12.6. The molecule has 110 valence electrons. The lowest BCUT2D eigenvalue weighted by Crippen LogP contribution is -2.38. The van der Waals surface area contributed by atoms with E-state index < -0.39 is 23.4 Å². The highest BCUT2D eigenvalue weighted by molar-refractivity contribution is 5.70. The van der Waals surface area contributed by atoms with Gasteiger partial charge in [0.05, 0.1) is 12.1 Å². The number of nitrogens with zero attached hydrogens (tertiary/aromatic N) is 1. The zero-order valence-corrected chi connectivity index (χ0v) is 10.9. The normalized spacial score (nSPS) is 23.1. The first-order chi connectivity index (χ1) is 9.23. The van der Waals surface area contributed by atoms with E-state index in [2.05, 4.69) is 0 Å². The van der Waals surface area contributed by atoms with E-state index in [9.17, 15) is 18.0 Å². The van der Waals surface area contributed by atoms with Gasteiger partial charge >= 0.3 is 12.3 Å². The number of nitrogens with two attached hydrogens (primary N) is 1. The Labute approximate surface area is 114 Å². The summed E-state index contributed by atoms with van der Waals surface area (Å²) in [6.45, 7) is 2.19. The minimum Gasteiger partial charge on any atom is -0.440 e. The van der Waals surface area contributed by atoms with Crippen LogP contribution >= 0.6 is 0 Å². The first-order valence-electron chi connectivity index (χ1n) is 6.08. The van der Waals surface area contributed by atoms with Crippen molar-refractivity contribution < 1.29 is 22.7 Å². The molecule has 1 aliphatic heterocycles. The Kier molecular flexibility index (Phi) is 3.64. The average Bonchev–Trinajstić information content (AvgIpc) is 2.65. The van der Waals surface area contributed by atoms with E-state index in [4.69, 9.17) is 10.5 Å². The third-order valence-corrected chi connectivity index (χ3v) is 3.18. The molecule has 20 heavy (non-hydrogen) atoms. The zero-order chi connectivity index (χ0) is 15.0. The van der Waals surface area contributed by atoms with E-state index in [0.29, 0.717) is 5.56 Å². The van der Waals surface area contributed by atoms with Gasteiger partial charge in [0.15, 0.2) is 0 Å². The Morgan fingerprint density at radius 1 is 1.45 bits per heavy atom. The Hall–Kier alpha value is -1.76. The Morgan fingerprint density at radius 3 is 2.70 bits per heavy atom. The second-order valence-corrected chi connectivity index (χ2v) is 5.08. The summed E-state index contributed by atoms with van der Waals surface area (Å²) in [6.07, 6.45) is -4.96. The first-order valence-corrected chi connectivity index (χ1v) is 6.08. The third kappa shape index (κ3) is 3.04. The summed E-state index contributed by atoms with van der Waals surface area (Å²) >= 11 is 0. The van der Waals surface area contributed by atoms with Gasteiger partial charge in [0.1, 0.15) is 5.60 Å². The van der Waals surface area contributed by atoms with Gasteiger partial charge < -0.3 is 10.5 Å². The lowest BCUT2D eigenvalue weighted by atomic mass is 10.1. The summed E-state index contributed by atoms with van der Waals surface area (Å²) in [5, 5.41) is 0. The summed E-state index contributed by atoms with van der Waals surface area (Å²) in [4.78, 5) is 13.0. The van der Waals surface area contributed by atoms with Crippen molar-refractivity contribution in [3.05, 3.63) is 35.4 Å². The number of hydrogen-bond acceptors (Lipinski definition) is 3. The van der Waals surface area contributed by atoms with Gasteiger partial charge in [-0.25, -0.2) is 4.79 Å². The number of benzene rings is 1. The van der Waals surface area contributed by atoms with E-state index in [1.54, 1.807) is 13.0 Å². The SMILES string of the molecule is CC1(CN)CN(Cc2cccc(C(F)(F)F)c2)C(=O)O1. The minimum absolute atomic E-state index is 0.0678. The van der Waals surface area contributed by atoms with E-state index in [0.717, 1.165) is 12.1 Å². The smallest absolute Gasteiger partial charge is 0.416 e. The van der Waals surface area contributed by atoms with Crippen LogP contribution in [0.5, 0.6) is 0 Å². The Morgan fingerprint density at radius 2 is 2.15 bits per heavy atom. The molecule has 1 fully saturated rings. The zero-order valence-electron chi connectivity index (χ0n) is 10.9. The highest BCUT2D eigenvalue weighted by atomic mass is 19.4. The third-order valence-electron chi connectivity index (χ3n) is 3.18. The van der Waals surface area contributed by atoms with Crippen LogP contribution in [0.3, 0.4) is 0 Å². The van der Waals surface area contributed by atoms with Gasteiger partial charge in [-0.1, -0.05) is 12.1 Å². The summed E-state index contributed by atoms with van der Waals surface area (Å²) in [5.74, 6) is 0. The quantitative estimate of drug-likeness (QED) is 0.929. The summed E-state index contributed by atoms with van der Waals surface area (Å²) in [6, 6.07) is 4.89. The summed E-state index contributed by atoms with van der Waals surface area (Å²) in [5.41, 5.74) is 4.40. The van der Waals surface area contributed by atoms with E-state index >= 15 is 0 Å². The molecule has 0 bridgehead atoms. The fourth-order valence-electron chi connectivity index (χ4n) is 2.07. The molecule has 1 atom stereocenters. The molecule has 0 aromatic heterocycles. The Balaban J connectivity index is 2.13. The van der Waals surface area contributed by atoms with Crippen molar-refractivity contribution in [2.75, 3.05) is 13.1 Å². The first kappa shape index (κ1) is 14.6. The van der Waals surface area contributed by atoms with Crippen LogP contribution in [-0.2, 0) is 17.5 Å². The number of alkyl halides is 3. The molecule has 0 radical (unpaired) electrons. The molecule has 1 heterocycles. The van der Waals surface area contributed by atoms with Crippen molar-refractivity contribution in [3.8, 4) is 0 Å². The van der Waals surface area contributed by atoms with Crippen LogP contribution in [0.4, 0.5) is 18.0 Å². The molecule has 0 aliphatic carbocycles.